The van der Waals surface area contributed by atoms with Gasteiger partial charge in [0.15, 0.2) is 5.78 Å². The summed E-state index contributed by atoms with van der Waals surface area (Å²) >= 11 is 1.24. The Morgan fingerprint density at radius 3 is 2.44 bits per heavy atom. The Morgan fingerprint density at radius 1 is 1.19 bits per heavy atom. The van der Waals surface area contributed by atoms with Gasteiger partial charge in [-0.15, -0.1) is 11.8 Å². The zero-order valence-corrected chi connectivity index (χ0v) is 16.1. The first kappa shape index (κ1) is 20.6. The highest BCUT2D eigenvalue weighted by Gasteiger charge is 2.21. The van der Waals surface area contributed by atoms with Crippen molar-refractivity contribution in [2.75, 3.05) is 19.8 Å². The van der Waals surface area contributed by atoms with Crippen LogP contribution in [0.15, 0.2) is 47.4 Å². The van der Waals surface area contributed by atoms with E-state index in [1.807, 2.05) is 6.92 Å². The molecule has 0 saturated heterocycles. The van der Waals surface area contributed by atoms with Gasteiger partial charge in [-0.1, -0.05) is 18.2 Å². The van der Waals surface area contributed by atoms with E-state index in [4.69, 9.17) is 0 Å². The number of nitrogens with zero attached hydrogens (tertiary/aromatic N) is 1. The summed E-state index contributed by atoms with van der Waals surface area (Å²) in [5.74, 6) is -0.797. The highest BCUT2D eigenvalue weighted by atomic mass is 32.2. The third kappa shape index (κ3) is 4.93. The van der Waals surface area contributed by atoms with Crippen LogP contribution in [0.4, 0.5) is 5.69 Å². The second-order valence-electron chi connectivity index (χ2n) is 5.92. The highest BCUT2D eigenvalue weighted by Crippen LogP contribution is 2.29. The van der Waals surface area contributed by atoms with E-state index in [0.29, 0.717) is 11.4 Å². The van der Waals surface area contributed by atoms with Gasteiger partial charge in [0.05, 0.1) is 15.4 Å². The van der Waals surface area contributed by atoms with Crippen molar-refractivity contribution in [1.29, 1.82) is 0 Å². The first-order chi connectivity index (χ1) is 12.9. The number of ketones is 1. The van der Waals surface area contributed by atoms with Gasteiger partial charge >= 0.3 is 0 Å². The number of nitrogens with one attached hydrogen (secondary N) is 2. The van der Waals surface area contributed by atoms with Crippen LogP contribution in [-0.2, 0) is 0 Å². The van der Waals surface area contributed by atoms with Crippen molar-refractivity contribution in [2.45, 2.75) is 17.9 Å². The van der Waals surface area contributed by atoms with Gasteiger partial charge in [0.25, 0.3) is 11.6 Å². The summed E-state index contributed by atoms with van der Waals surface area (Å²) in [4.78, 5) is 36.6. The number of thioether (sulfide) groups is 1. The van der Waals surface area contributed by atoms with E-state index in [1.54, 1.807) is 49.7 Å². The molecule has 0 aliphatic carbocycles. The van der Waals surface area contributed by atoms with Crippen LogP contribution in [0.5, 0.6) is 0 Å². The van der Waals surface area contributed by atoms with Gasteiger partial charge < -0.3 is 10.6 Å². The second kappa shape index (κ2) is 9.29. The zero-order chi connectivity index (χ0) is 20.0. The first-order valence-electron chi connectivity index (χ1n) is 8.30. The van der Waals surface area contributed by atoms with Gasteiger partial charge in [0.1, 0.15) is 0 Å². The number of likely N-dealkylation sites (N-methyl/N-ethyl adjacent to an activating group) is 1. The van der Waals surface area contributed by atoms with Crippen molar-refractivity contribution in [2.24, 2.45) is 0 Å². The molecule has 0 saturated carbocycles. The fourth-order valence-electron chi connectivity index (χ4n) is 2.45. The zero-order valence-electron chi connectivity index (χ0n) is 15.3. The van der Waals surface area contributed by atoms with Crippen LogP contribution in [0.25, 0.3) is 0 Å². The van der Waals surface area contributed by atoms with E-state index in [0.717, 1.165) is 0 Å². The highest BCUT2D eigenvalue weighted by molar-refractivity contribution is 7.98. The number of nitro benzene ring substituents is 1. The molecule has 0 aromatic heterocycles. The lowest BCUT2D eigenvalue weighted by Crippen LogP contribution is -2.37. The average Bonchev–Trinajstić information content (AvgIpc) is 2.70. The quantitative estimate of drug-likeness (QED) is 0.313. The van der Waals surface area contributed by atoms with E-state index >= 15 is 0 Å². The molecule has 0 fully saturated rings. The normalized spacial score (nSPS) is 11.7. The number of benzene rings is 2. The summed E-state index contributed by atoms with van der Waals surface area (Å²) in [7, 11) is 1.79. The van der Waals surface area contributed by atoms with Crippen LogP contribution in [0, 0.1) is 10.1 Å². The Bertz CT molecular complexity index is 870. The maximum Gasteiger partial charge on any atom is 0.283 e. The fraction of sp³-hybridized carbons (Fsp3) is 0.263. The maximum absolute atomic E-state index is 12.9. The molecule has 2 aromatic rings. The Hall–Kier alpha value is -2.71. The standard InChI is InChI=1S/C19H21N3O4S/c1-12(20-2)11-21-19(24)15-7-5-4-6-14(15)18(23)13-8-9-17(27-3)16(10-13)22(25)26/h4-10,12,20H,11H2,1-3H3,(H,21,24). The minimum atomic E-state index is -0.514. The molecule has 7 nitrogen and oxygen atoms in total. The molecule has 2 rings (SSSR count). The SMILES string of the molecule is CNC(C)CNC(=O)c1ccccc1C(=O)c1ccc(SC)c([N+](=O)[O-])c1. The second-order valence-corrected chi connectivity index (χ2v) is 6.77. The number of rotatable bonds is 8. The molecule has 8 heteroatoms. The monoisotopic (exact) mass is 387 g/mol. The van der Waals surface area contributed by atoms with Crippen LogP contribution in [0.2, 0.25) is 0 Å². The van der Waals surface area contributed by atoms with Crippen LogP contribution in [0.3, 0.4) is 0 Å². The summed E-state index contributed by atoms with van der Waals surface area (Å²) < 4.78 is 0. The lowest BCUT2D eigenvalue weighted by Gasteiger charge is -2.13. The molecule has 0 spiro atoms. The van der Waals surface area contributed by atoms with Crippen molar-refractivity contribution in [3.05, 3.63) is 69.3 Å². The molecule has 0 bridgehead atoms. The molecule has 1 amide bonds. The van der Waals surface area contributed by atoms with E-state index in [9.17, 15) is 19.7 Å². The topological polar surface area (TPSA) is 101 Å². The molecular weight excluding hydrogens is 366 g/mol. The minimum absolute atomic E-state index is 0.0820. The first-order valence-corrected chi connectivity index (χ1v) is 9.53. The van der Waals surface area contributed by atoms with Crippen LogP contribution >= 0.6 is 11.8 Å². The lowest BCUT2D eigenvalue weighted by atomic mass is 9.97. The molecular formula is C19H21N3O4S. The molecule has 0 aliphatic heterocycles. The van der Waals surface area contributed by atoms with Gasteiger partial charge in [-0.2, -0.15) is 0 Å². The summed E-state index contributed by atoms with van der Waals surface area (Å²) in [6.45, 7) is 2.33. The van der Waals surface area contributed by atoms with E-state index < -0.39 is 10.7 Å². The summed E-state index contributed by atoms with van der Waals surface area (Å²) in [6, 6.07) is 10.9. The van der Waals surface area contributed by atoms with Gasteiger partial charge in [0.2, 0.25) is 0 Å². The Balaban J connectivity index is 2.36. The summed E-state index contributed by atoms with van der Waals surface area (Å²) in [5.41, 5.74) is 0.488. The predicted molar refractivity (Wildman–Crippen MR) is 106 cm³/mol. The molecule has 0 heterocycles. The third-order valence-corrected chi connectivity index (χ3v) is 4.90. The number of hydrogen-bond donors (Lipinski definition) is 2. The van der Waals surface area contributed by atoms with Gasteiger partial charge in [-0.25, -0.2) is 0 Å². The largest absolute Gasteiger partial charge is 0.350 e. The smallest absolute Gasteiger partial charge is 0.283 e. The minimum Gasteiger partial charge on any atom is -0.350 e. The van der Waals surface area contributed by atoms with Gasteiger partial charge in [-0.3, -0.25) is 19.7 Å². The Kier molecular flexibility index (Phi) is 7.09. The van der Waals surface area contributed by atoms with Gasteiger partial charge in [0, 0.05) is 29.8 Å². The molecule has 142 valence electrons. The molecule has 1 atom stereocenters. The number of carbonyl (C=O) groups excluding carboxylic acids is 2. The van der Waals surface area contributed by atoms with Crippen molar-refractivity contribution in [1.82, 2.24) is 10.6 Å². The van der Waals surface area contributed by atoms with Crippen molar-refractivity contribution in [3.8, 4) is 0 Å². The van der Waals surface area contributed by atoms with Gasteiger partial charge in [-0.05, 0) is 38.4 Å². The van der Waals surface area contributed by atoms with Crippen molar-refractivity contribution in [3.63, 3.8) is 0 Å². The molecule has 0 radical (unpaired) electrons. The fourth-order valence-corrected chi connectivity index (χ4v) is 3.00. The predicted octanol–water partition coefficient (Wildman–Crippen LogP) is 2.89. The number of carbonyl (C=O) groups is 2. The molecule has 1 unspecified atom stereocenters. The van der Waals surface area contributed by atoms with Crippen molar-refractivity contribution < 1.29 is 14.5 Å². The van der Waals surface area contributed by atoms with E-state index in [2.05, 4.69) is 10.6 Å². The Labute approximate surface area is 161 Å². The van der Waals surface area contributed by atoms with Crippen LogP contribution < -0.4 is 10.6 Å². The average molecular weight is 387 g/mol. The number of hydrogen-bond acceptors (Lipinski definition) is 6. The van der Waals surface area contributed by atoms with Crippen LogP contribution in [-0.4, -0.2) is 42.5 Å². The third-order valence-electron chi connectivity index (χ3n) is 4.12. The lowest BCUT2D eigenvalue weighted by molar-refractivity contribution is -0.387. The van der Waals surface area contributed by atoms with Crippen molar-refractivity contribution >= 4 is 29.1 Å². The molecule has 2 N–H and O–H groups in total. The molecule has 0 aliphatic rings. The van der Waals surface area contributed by atoms with E-state index in [1.165, 1.54) is 17.8 Å². The molecule has 27 heavy (non-hydrogen) atoms. The Morgan fingerprint density at radius 2 is 1.85 bits per heavy atom. The molecule has 2 aromatic carbocycles. The number of nitro groups is 1. The summed E-state index contributed by atoms with van der Waals surface area (Å²) in [6.07, 6.45) is 1.73. The van der Waals surface area contributed by atoms with Crippen LogP contribution in [0.1, 0.15) is 33.2 Å². The maximum atomic E-state index is 12.9. The number of amides is 1. The summed E-state index contributed by atoms with van der Waals surface area (Å²) in [5, 5.41) is 17.0. The van der Waals surface area contributed by atoms with E-state index in [-0.39, 0.29) is 34.3 Å².